The highest BCUT2D eigenvalue weighted by atomic mass is 15.2. The number of nitrogens with zero attached hydrogens (tertiary/aromatic N) is 3. The van der Waals surface area contributed by atoms with Gasteiger partial charge < -0.3 is 15.1 Å². The SMILES string of the molecule is CN(C)CCN1CCC(CNCc2ccc(C#N)cc2)CC1. The second kappa shape index (κ2) is 8.89. The molecule has 4 nitrogen and oxygen atoms in total. The fourth-order valence-corrected chi connectivity index (χ4v) is 2.87. The normalized spacial score (nSPS) is 16.8. The molecule has 0 atom stereocenters. The maximum absolute atomic E-state index is 8.79. The summed E-state index contributed by atoms with van der Waals surface area (Å²) in [5.41, 5.74) is 1.98. The van der Waals surface area contributed by atoms with Crippen molar-refractivity contribution in [1.82, 2.24) is 15.1 Å². The molecule has 0 aromatic heterocycles. The van der Waals surface area contributed by atoms with E-state index in [1.165, 1.54) is 38.0 Å². The van der Waals surface area contributed by atoms with E-state index in [1.807, 2.05) is 24.3 Å². The van der Waals surface area contributed by atoms with Gasteiger partial charge in [0.25, 0.3) is 0 Å². The molecule has 1 N–H and O–H groups in total. The van der Waals surface area contributed by atoms with Gasteiger partial charge in [0.15, 0.2) is 0 Å². The summed E-state index contributed by atoms with van der Waals surface area (Å²) >= 11 is 0. The summed E-state index contributed by atoms with van der Waals surface area (Å²) in [5.74, 6) is 0.800. The number of nitriles is 1. The average molecular weight is 300 g/mol. The van der Waals surface area contributed by atoms with Crippen molar-refractivity contribution in [3.63, 3.8) is 0 Å². The van der Waals surface area contributed by atoms with Gasteiger partial charge in [0.1, 0.15) is 0 Å². The summed E-state index contributed by atoms with van der Waals surface area (Å²) in [6.45, 7) is 6.81. The molecule has 1 fully saturated rings. The Bertz CT molecular complexity index is 467. The first-order valence-corrected chi connectivity index (χ1v) is 8.24. The zero-order valence-corrected chi connectivity index (χ0v) is 13.9. The van der Waals surface area contributed by atoms with Crippen LogP contribution in [0, 0.1) is 17.2 Å². The Kier molecular flexibility index (Phi) is 6.85. The highest BCUT2D eigenvalue weighted by Gasteiger charge is 2.18. The summed E-state index contributed by atoms with van der Waals surface area (Å²) in [6, 6.07) is 10.0. The minimum Gasteiger partial charge on any atom is -0.312 e. The molecule has 0 amide bonds. The van der Waals surface area contributed by atoms with Gasteiger partial charge in [-0.25, -0.2) is 0 Å². The van der Waals surface area contributed by atoms with E-state index in [-0.39, 0.29) is 0 Å². The summed E-state index contributed by atoms with van der Waals surface area (Å²) in [7, 11) is 4.28. The predicted octanol–water partition coefficient (Wildman–Crippen LogP) is 1.92. The molecule has 0 saturated carbocycles. The van der Waals surface area contributed by atoms with Crippen LogP contribution in [0.15, 0.2) is 24.3 Å². The molecular weight excluding hydrogens is 272 g/mol. The molecule has 120 valence electrons. The van der Waals surface area contributed by atoms with E-state index in [2.05, 4.69) is 35.3 Å². The summed E-state index contributed by atoms with van der Waals surface area (Å²) in [6.07, 6.45) is 2.60. The number of likely N-dealkylation sites (tertiary alicyclic amines) is 1. The minimum atomic E-state index is 0.730. The molecule has 0 spiro atoms. The van der Waals surface area contributed by atoms with Gasteiger partial charge in [-0.15, -0.1) is 0 Å². The van der Waals surface area contributed by atoms with Crippen molar-refractivity contribution in [2.45, 2.75) is 19.4 Å². The Morgan fingerprint density at radius 3 is 2.50 bits per heavy atom. The van der Waals surface area contributed by atoms with E-state index < -0.39 is 0 Å². The van der Waals surface area contributed by atoms with Crippen molar-refractivity contribution in [2.75, 3.05) is 46.8 Å². The molecule has 1 aliphatic heterocycles. The smallest absolute Gasteiger partial charge is 0.0991 e. The van der Waals surface area contributed by atoms with E-state index >= 15 is 0 Å². The third kappa shape index (κ3) is 5.76. The van der Waals surface area contributed by atoms with E-state index in [0.717, 1.165) is 31.1 Å². The third-order valence-corrected chi connectivity index (χ3v) is 4.42. The average Bonchev–Trinajstić information content (AvgIpc) is 2.55. The van der Waals surface area contributed by atoms with Gasteiger partial charge in [-0.05, 0) is 70.2 Å². The van der Waals surface area contributed by atoms with Crippen LogP contribution in [0.4, 0.5) is 0 Å². The number of likely N-dealkylation sites (N-methyl/N-ethyl adjacent to an activating group) is 1. The standard InChI is InChI=1S/C18H28N4/c1-21(2)11-12-22-9-7-18(8-10-22)15-20-14-17-5-3-16(13-19)4-6-17/h3-6,18,20H,7-12,14-15H2,1-2H3. The Morgan fingerprint density at radius 2 is 1.91 bits per heavy atom. The number of hydrogen-bond acceptors (Lipinski definition) is 4. The van der Waals surface area contributed by atoms with Crippen molar-refractivity contribution in [1.29, 1.82) is 5.26 Å². The lowest BCUT2D eigenvalue weighted by Gasteiger charge is -2.32. The van der Waals surface area contributed by atoms with Gasteiger partial charge in [-0.1, -0.05) is 12.1 Å². The van der Waals surface area contributed by atoms with E-state index in [4.69, 9.17) is 5.26 Å². The second-order valence-electron chi connectivity index (χ2n) is 6.53. The van der Waals surface area contributed by atoms with Crippen molar-refractivity contribution in [3.05, 3.63) is 35.4 Å². The fourth-order valence-electron chi connectivity index (χ4n) is 2.87. The van der Waals surface area contributed by atoms with E-state index in [9.17, 15) is 0 Å². The topological polar surface area (TPSA) is 42.3 Å². The highest BCUT2D eigenvalue weighted by molar-refractivity contribution is 5.31. The zero-order chi connectivity index (χ0) is 15.8. The van der Waals surface area contributed by atoms with Gasteiger partial charge in [-0.2, -0.15) is 5.26 Å². The van der Waals surface area contributed by atoms with E-state index in [1.54, 1.807) is 0 Å². The molecule has 4 heteroatoms. The first-order valence-electron chi connectivity index (χ1n) is 8.24. The molecule has 1 saturated heterocycles. The first-order chi connectivity index (χ1) is 10.7. The van der Waals surface area contributed by atoms with Crippen LogP contribution in [0.3, 0.4) is 0 Å². The molecule has 1 heterocycles. The Balaban J connectivity index is 1.61. The van der Waals surface area contributed by atoms with Crippen LogP contribution in [-0.2, 0) is 6.54 Å². The van der Waals surface area contributed by atoms with Gasteiger partial charge >= 0.3 is 0 Å². The lowest BCUT2D eigenvalue weighted by Crippen LogP contribution is -2.40. The molecule has 0 bridgehead atoms. The van der Waals surface area contributed by atoms with Crippen LogP contribution in [-0.4, -0.2) is 56.6 Å². The summed E-state index contributed by atoms with van der Waals surface area (Å²) < 4.78 is 0. The number of piperidine rings is 1. The fraction of sp³-hybridized carbons (Fsp3) is 0.611. The lowest BCUT2D eigenvalue weighted by atomic mass is 9.96. The van der Waals surface area contributed by atoms with Gasteiger partial charge in [0.2, 0.25) is 0 Å². The van der Waals surface area contributed by atoms with Crippen molar-refractivity contribution in [3.8, 4) is 6.07 Å². The molecule has 22 heavy (non-hydrogen) atoms. The third-order valence-electron chi connectivity index (χ3n) is 4.42. The Labute approximate surface area is 134 Å². The van der Waals surface area contributed by atoms with Crippen molar-refractivity contribution in [2.24, 2.45) is 5.92 Å². The monoisotopic (exact) mass is 300 g/mol. The molecule has 1 aromatic carbocycles. The lowest BCUT2D eigenvalue weighted by molar-refractivity contribution is 0.169. The number of benzene rings is 1. The van der Waals surface area contributed by atoms with E-state index in [0.29, 0.717) is 0 Å². The zero-order valence-electron chi connectivity index (χ0n) is 13.9. The van der Waals surface area contributed by atoms with Crippen LogP contribution < -0.4 is 5.32 Å². The summed E-state index contributed by atoms with van der Waals surface area (Å²) in [4.78, 5) is 4.84. The van der Waals surface area contributed by atoms with Crippen molar-refractivity contribution < 1.29 is 0 Å². The number of rotatable bonds is 7. The van der Waals surface area contributed by atoms with Crippen LogP contribution in [0.1, 0.15) is 24.0 Å². The highest BCUT2D eigenvalue weighted by Crippen LogP contribution is 2.16. The molecule has 0 aliphatic carbocycles. The minimum absolute atomic E-state index is 0.730. The van der Waals surface area contributed by atoms with Crippen LogP contribution in [0.25, 0.3) is 0 Å². The van der Waals surface area contributed by atoms with Crippen molar-refractivity contribution >= 4 is 0 Å². The largest absolute Gasteiger partial charge is 0.312 e. The van der Waals surface area contributed by atoms with Crippen LogP contribution >= 0.6 is 0 Å². The van der Waals surface area contributed by atoms with Gasteiger partial charge in [0, 0.05) is 19.6 Å². The number of nitrogens with one attached hydrogen (secondary N) is 1. The molecule has 1 aliphatic rings. The Hall–Kier alpha value is -1.41. The quantitative estimate of drug-likeness (QED) is 0.835. The van der Waals surface area contributed by atoms with Gasteiger partial charge in [0.05, 0.1) is 11.6 Å². The molecule has 0 radical (unpaired) electrons. The molecule has 1 aromatic rings. The summed E-state index contributed by atoms with van der Waals surface area (Å²) in [5, 5.41) is 12.4. The number of hydrogen-bond donors (Lipinski definition) is 1. The molecule has 2 rings (SSSR count). The maximum Gasteiger partial charge on any atom is 0.0991 e. The van der Waals surface area contributed by atoms with Crippen LogP contribution in [0.2, 0.25) is 0 Å². The Morgan fingerprint density at radius 1 is 1.23 bits per heavy atom. The van der Waals surface area contributed by atoms with Gasteiger partial charge in [-0.3, -0.25) is 0 Å². The first kappa shape index (κ1) is 17.0. The molecular formula is C18H28N4. The predicted molar refractivity (Wildman–Crippen MR) is 90.6 cm³/mol. The van der Waals surface area contributed by atoms with Crippen LogP contribution in [0.5, 0.6) is 0 Å². The molecule has 0 unspecified atom stereocenters. The second-order valence-corrected chi connectivity index (χ2v) is 6.53. The maximum atomic E-state index is 8.79.